The summed E-state index contributed by atoms with van der Waals surface area (Å²) >= 11 is 0. The average Bonchev–Trinajstić information content (AvgIpc) is 2.49. The highest BCUT2D eigenvalue weighted by Crippen LogP contribution is 2.12. The van der Waals surface area contributed by atoms with Gasteiger partial charge in [-0.1, -0.05) is 18.2 Å². The smallest absolute Gasteiger partial charge is 0.242 e. The Morgan fingerprint density at radius 3 is 2.67 bits per heavy atom. The van der Waals surface area contributed by atoms with E-state index in [0.29, 0.717) is 11.3 Å². The van der Waals surface area contributed by atoms with Crippen molar-refractivity contribution in [2.75, 3.05) is 6.54 Å². The van der Waals surface area contributed by atoms with Crippen molar-refractivity contribution in [3.8, 4) is 0 Å². The molecule has 0 fully saturated rings. The molecule has 5 nitrogen and oxygen atoms in total. The molecule has 2 aromatic rings. The summed E-state index contributed by atoms with van der Waals surface area (Å²) in [6.07, 6.45) is 1.75. The molecule has 112 valence electrons. The summed E-state index contributed by atoms with van der Waals surface area (Å²) in [6.45, 7) is 0.132. The van der Waals surface area contributed by atoms with Crippen molar-refractivity contribution in [2.24, 2.45) is 5.73 Å². The van der Waals surface area contributed by atoms with E-state index in [1.54, 1.807) is 18.2 Å². The van der Waals surface area contributed by atoms with Crippen LogP contribution in [0, 0.1) is 5.82 Å². The van der Waals surface area contributed by atoms with Gasteiger partial charge < -0.3 is 5.73 Å². The van der Waals surface area contributed by atoms with E-state index in [1.165, 1.54) is 24.4 Å². The topological polar surface area (TPSA) is 85.1 Å². The first-order valence-electron chi connectivity index (χ1n) is 6.41. The maximum atomic E-state index is 13.4. The number of nitrogens with one attached hydrogen (secondary N) is 1. The number of nitrogens with zero attached hydrogens (tertiary/aromatic N) is 1. The number of sulfonamides is 1. The molecule has 0 aliphatic heterocycles. The second-order valence-corrected chi connectivity index (χ2v) is 6.13. The summed E-state index contributed by atoms with van der Waals surface area (Å²) in [5, 5.41) is 0. The molecule has 7 heteroatoms. The molecule has 0 unspecified atom stereocenters. The molecule has 0 radical (unpaired) electrons. The fourth-order valence-corrected chi connectivity index (χ4v) is 3.15. The van der Waals surface area contributed by atoms with Crippen molar-refractivity contribution in [3.63, 3.8) is 0 Å². The van der Waals surface area contributed by atoms with E-state index in [-0.39, 0.29) is 30.2 Å². The van der Waals surface area contributed by atoms with Gasteiger partial charge in [0, 0.05) is 19.3 Å². The second kappa shape index (κ2) is 6.75. The van der Waals surface area contributed by atoms with Crippen LogP contribution < -0.4 is 10.5 Å². The fourth-order valence-electron chi connectivity index (χ4n) is 1.92. The number of halogens is 1. The summed E-state index contributed by atoms with van der Waals surface area (Å²) in [5.74, 6) is -0.347. The molecule has 0 saturated heterocycles. The summed E-state index contributed by atoms with van der Waals surface area (Å²) in [5.41, 5.74) is 6.25. The predicted molar refractivity (Wildman–Crippen MR) is 77.4 cm³/mol. The first-order chi connectivity index (χ1) is 10.0. The molecule has 0 bridgehead atoms. The van der Waals surface area contributed by atoms with Gasteiger partial charge in [-0.05, 0) is 30.2 Å². The normalized spacial score (nSPS) is 11.5. The van der Waals surface area contributed by atoms with Gasteiger partial charge >= 0.3 is 0 Å². The lowest BCUT2D eigenvalue weighted by atomic mass is 10.1. The zero-order valence-corrected chi connectivity index (χ0v) is 12.1. The van der Waals surface area contributed by atoms with Gasteiger partial charge in [0.25, 0.3) is 0 Å². The molecule has 3 N–H and O–H groups in total. The van der Waals surface area contributed by atoms with E-state index in [1.807, 2.05) is 0 Å². The third-order valence-electron chi connectivity index (χ3n) is 2.98. The molecule has 1 heterocycles. The molecule has 0 spiro atoms. The van der Waals surface area contributed by atoms with Crippen molar-refractivity contribution >= 4 is 10.0 Å². The largest absolute Gasteiger partial charge is 0.325 e. The molecule has 21 heavy (non-hydrogen) atoms. The molecule has 2 rings (SSSR count). The van der Waals surface area contributed by atoms with Gasteiger partial charge in [-0.25, -0.2) is 17.5 Å². The van der Waals surface area contributed by atoms with E-state index >= 15 is 0 Å². The zero-order chi connectivity index (χ0) is 15.3. The van der Waals surface area contributed by atoms with Crippen LogP contribution >= 0.6 is 0 Å². The molecule has 0 aliphatic carbocycles. The summed E-state index contributed by atoms with van der Waals surface area (Å²) < 4.78 is 40.3. The van der Waals surface area contributed by atoms with Gasteiger partial charge in [0.2, 0.25) is 10.0 Å². The lowest BCUT2D eigenvalue weighted by Crippen LogP contribution is -2.27. The lowest BCUT2D eigenvalue weighted by molar-refractivity contribution is 0.575. The minimum atomic E-state index is -3.70. The van der Waals surface area contributed by atoms with E-state index < -0.39 is 10.0 Å². The van der Waals surface area contributed by atoms with Gasteiger partial charge in [-0.2, -0.15) is 0 Å². The predicted octanol–water partition coefficient (Wildman–Crippen LogP) is 1.20. The molecular weight excluding hydrogens is 293 g/mol. The molecule has 0 amide bonds. The minimum absolute atomic E-state index is 0.0321. The molecule has 0 saturated carbocycles. The third-order valence-corrected chi connectivity index (χ3v) is 4.51. The number of hydrogen-bond donors (Lipinski definition) is 2. The highest BCUT2D eigenvalue weighted by Gasteiger charge is 2.18. The molecule has 0 aliphatic rings. The van der Waals surface area contributed by atoms with Gasteiger partial charge in [0.05, 0.1) is 5.69 Å². The van der Waals surface area contributed by atoms with Crippen LogP contribution in [0.4, 0.5) is 4.39 Å². The van der Waals surface area contributed by atoms with Crippen molar-refractivity contribution in [3.05, 3.63) is 59.7 Å². The Hall–Kier alpha value is -1.83. The highest BCUT2D eigenvalue weighted by atomic mass is 32.2. The Kier molecular flexibility index (Phi) is 5.00. The first-order valence-corrected chi connectivity index (χ1v) is 7.90. The van der Waals surface area contributed by atoms with Gasteiger partial charge in [0.15, 0.2) is 0 Å². The van der Waals surface area contributed by atoms with Crippen molar-refractivity contribution in [2.45, 2.75) is 17.9 Å². The summed E-state index contributed by atoms with van der Waals surface area (Å²) in [7, 11) is -3.70. The van der Waals surface area contributed by atoms with Crippen LogP contribution in [0.15, 0.2) is 47.5 Å². The Morgan fingerprint density at radius 1 is 1.19 bits per heavy atom. The Bertz CT molecular complexity index is 720. The van der Waals surface area contributed by atoms with E-state index in [4.69, 9.17) is 5.73 Å². The van der Waals surface area contributed by atoms with Crippen molar-refractivity contribution in [1.82, 2.24) is 9.71 Å². The van der Waals surface area contributed by atoms with E-state index in [0.717, 1.165) is 0 Å². The number of nitrogens with two attached hydrogens (primary N) is 1. The average molecular weight is 309 g/mol. The van der Waals surface area contributed by atoms with Gasteiger partial charge in [-0.3, -0.25) is 4.98 Å². The number of hydrogen-bond acceptors (Lipinski definition) is 4. The summed E-state index contributed by atoms with van der Waals surface area (Å²) in [4.78, 5) is 4.00. The van der Waals surface area contributed by atoms with E-state index in [2.05, 4.69) is 9.71 Å². The standard InChI is InChI=1S/C14H16FN3O2S/c15-12-5-2-1-4-11(12)7-9-18-21(19,20)14-6-3-8-17-13(14)10-16/h1-6,8,18H,7,9-10,16H2. The van der Waals surface area contributed by atoms with Crippen LogP contribution in [0.25, 0.3) is 0 Å². The maximum Gasteiger partial charge on any atom is 0.242 e. The van der Waals surface area contributed by atoms with Gasteiger partial charge in [-0.15, -0.1) is 0 Å². The van der Waals surface area contributed by atoms with Crippen LogP contribution in [0.5, 0.6) is 0 Å². The van der Waals surface area contributed by atoms with Crippen LogP contribution in [0.1, 0.15) is 11.3 Å². The highest BCUT2D eigenvalue weighted by molar-refractivity contribution is 7.89. The number of aromatic nitrogens is 1. The molecule has 0 atom stereocenters. The molecule has 1 aromatic carbocycles. The molecular formula is C14H16FN3O2S. The number of pyridine rings is 1. The molecule has 1 aromatic heterocycles. The summed E-state index contributed by atoms with van der Waals surface area (Å²) in [6, 6.07) is 9.24. The Balaban J connectivity index is 2.07. The van der Waals surface area contributed by atoms with Crippen LogP contribution in [0.2, 0.25) is 0 Å². The second-order valence-electron chi connectivity index (χ2n) is 4.39. The van der Waals surface area contributed by atoms with Crippen molar-refractivity contribution in [1.29, 1.82) is 0 Å². The SMILES string of the molecule is NCc1ncccc1S(=O)(=O)NCCc1ccccc1F. The monoisotopic (exact) mass is 309 g/mol. The van der Waals surface area contributed by atoms with Gasteiger partial charge in [0.1, 0.15) is 10.7 Å². The minimum Gasteiger partial charge on any atom is -0.325 e. The Labute approximate surface area is 123 Å². The maximum absolute atomic E-state index is 13.4. The quantitative estimate of drug-likeness (QED) is 0.839. The van der Waals surface area contributed by atoms with Crippen LogP contribution in [-0.4, -0.2) is 19.9 Å². The zero-order valence-electron chi connectivity index (χ0n) is 11.3. The van der Waals surface area contributed by atoms with Crippen LogP contribution in [-0.2, 0) is 23.0 Å². The fraction of sp³-hybridized carbons (Fsp3) is 0.214. The first kappa shape index (κ1) is 15.6. The number of rotatable bonds is 6. The number of benzene rings is 1. The van der Waals surface area contributed by atoms with E-state index in [9.17, 15) is 12.8 Å². The van der Waals surface area contributed by atoms with Crippen LogP contribution in [0.3, 0.4) is 0 Å². The third kappa shape index (κ3) is 3.84. The lowest BCUT2D eigenvalue weighted by Gasteiger charge is -2.09. The van der Waals surface area contributed by atoms with Crippen molar-refractivity contribution < 1.29 is 12.8 Å². The Morgan fingerprint density at radius 2 is 1.95 bits per heavy atom.